The minimum atomic E-state index is -3.94. The second kappa shape index (κ2) is 10.7. The number of nitrogens with zero attached hydrogens (tertiary/aromatic N) is 1. The summed E-state index contributed by atoms with van der Waals surface area (Å²) in [6.07, 6.45) is 0.659. The van der Waals surface area contributed by atoms with Crippen LogP contribution in [0.4, 0.5) is 4.39 Å². The molecule has 1 aliphatic heterocycles. The van der Waals surface area contributed by atoms with E-state index in [0.717, 1.165) is 19.6 Å². The molecule has 8 nitrogen and oxygen atoms in total. The standard InChI is InChI=1S/C6H13FN2.C2H6O6S2/c7-2-1-3-9-4-6(8)5-9;3-7-8-9-1-2-10(4,5)6/h6H,1-5,8H2;3H,1-2H2,(H,4,5,6). The number of nitrogens with two attached hydrogens (primary N) is 1. The fourth-order valence-electron chi connectivity index (χ4n) is 1.27. The molecule has 0 atom stereocenters. The molecule has 0 saturated carbocycles. The van der Waals surface area contributed by atoms with Gasteiger partial charge < -0.3 is 10.6 Å². The van der Waals surface area contributed by atoms with E-state index in [0.29, 0.717) is 24.5 Å². The van der Waals surface area contributed by atoms with E-state index in [9.17, 15) is 12.8 Å². The second-order valence-corrected chi connectivity index (χ2v) is 6.16. The van der Waals surface area contributed by atoms with Gasteiger partial charge in [0.1, 0.15) is 0 Å². The van der Waals surface area contributed by atoms with Gasteiger partial charge in [0.2, 0.25) is 0 Å². The fourth-order valence-corrected chi connectivity index (χ4v) is 2.50. The van der Waals surface area contributed by atoms with Crippen molar-refractivity contribution in [3.63, 3.8) is 0 Å². The smallest absolute Gasteiger partial charge is 0.265 e. The Hall–Kier alpha value is -0.0100. The molecule has 1 aliphatic rings. The summed E-state index contributed by atoms with van der Waals surface area (Å²) in [5.74, 6) is -0.458. The topological polar surface area (TPSA) is 122 Å². The van der Waals surface area contributed by atoms with Crippen LogP contribution < -0.4 is 5.73 Å². The number of alkyl halides is 1. The highest BCUT2D eigenvalue weighted by molar-refractivity contribution is 7.95. The van der Waals surface area contributed by atoms with E-state index >= 15 is 0 Å². The third-order valence-electron chi connectivity index (χ3n) is 2.10. The maximum atomic E-state index is 11.6. The zero-order valence-electron chi connectivity index (χ0n) is 10.3. The maximum absolute atomic E-state index is 11.6. The minimum absolute atomic E-state index is 0.0145. The lowest BCUT2D eigenvalue weighted by atomic mass is 10.1. The number of hydrogen-bond acceptors (Lipinski definition) is 8. The molecule has 0 bridgehead atoms. The Morgan fingerprint density at radius 3 is 2.53 bits per heavy atom. The van der Waals surface area contributed by atoms with E-state index in [1.165, 1.54) is 0 Å². The molecular formula is C8H19FN2O6S2. The highest BCUT2D eigenvalue weighted by atomic mass is 32.2. The largest absolute Gasteiger partial charge is 0.325 e. The van der Waals surface area contributed by atoms with Crippen LogP contribution in [0.5, 0.6) is 0 Å². The molecule has 0 aromatic rings. The molecule has 0 aromatic carbocycles. The van der Waals surface area contributed by atoms with Gasteiger partial charge in [0.25, 0.3) is 10.1 Å². The third-order valence-corrected chi connectivity index (χ3v) is 3.60. The summed E-state index contributed by atoms with van der Waals surface area (Å²) in [6.45, 7) is 2.59. The van der Waals surface area contributed by atoms with E-state index in [2.05, 4.69) is 14.3 Å². The van der Waals surface area contributed by atoms with E-state index < -0.39 is 15.9 Å². The first-order valence-electron chi connectivity index (χ1n) is 5.47. The van der Waals surface area contributed by atoms with Crippen LogP contribution in [0.3, 0.4) is 0 Å². The van der Waals surface area contributed by atoms with Gasteiger partial charge in [-0.3, -0.25) is 8.94 Å². The molecule has 0 spiro atoms. The van der Waals surface area contributed by atoms with Crippen LogP contribution >= 0.6 is 12.0 Å². The zero-order chi connectivity index (χ0) is 14.7. The van der Waals surface area contributed by atoms with Gasteiger partial charge in [-0.25, -0.2) is 5.26 Å². The SMILES string of the molecule is NC1CN(CCCF)C1.O=S(=O)(O)CCSOOO. The highest BCUT2D eigenvalue weighted by Gasteiger charge is 2.21. The molecule has 11 heteroatoms. The van der Waals surface area contributed by atoms with Crippen molar-refractivity contribution in [3.8, 4) is 0 Å². The molecule has 1 fully saturated rings. The Labute approximate surface area is 115 Å². The summed E-state index contributed by atoms with van der Waals surface area (Å²) in [7, 11) is -3.94. The van der Waals surface area contributed by atoms with Gasteiger partial charge in [-0.05, 0) is 6.42 Å². The number of likely N-dealkylation sites (tertiary alicyclic amines) is 1. The predicted octanol–water partition coefficient (Wildman–Crippen LogP) is -0.0675. The monoisotopic (exact) mass is 322 g/mol. The van der Waals surface area contributed by atoms with Crippen LogP contribution in [0.1, 0.15) is 6.42 Å². The molecule has 0 unspecified atom stereocenters. The van der Waals surface area contributed by atoms with Crippen LogP contribution in [-0.4, -0.2) is 67.0 Å². The zero-order valence-corrected chi connectivity index (χ0v) is 11.9. The molecular weight excluding hydrogens is 303 g/mol. The van der Waals surface area contributed by atoms with E-state index in [1.807, 2.05) is 0 Å². The van der Waals surface area contributed by atoms with Crippen molar-refractivity contribution in [2.24, 2.45) is 5.73 Å². The average Bonchev–Trinajstić information content (AvgIpc) is 2.28. The Morgan fingerprint density at radius 1 is 1.47 bits per heavy atom. The van der Waals surface area contributed by atoms with Crippen molar-refractivity contribution >= 4 is 22.2 Å². The Bertz CT molecular complexity index is 312. The van der Waals surface area contributed by atoms with Crippen LogP contribution in [0.25, 0.3) is 0 Å². The molecule has 1 heterocycles. The normalized spacial score (nSPS) is 16.6. The van der Waals surface area contributed by atoms with Crippen molar-refractivity contribution in [2.45, 2.75) is 12.5 Å². The van der Waals surface area contributed by atoms with Crippen LogP contribution in [0.15, 0.2) is 0 Å². The van der Waals surface area contributed by atoms with Gasteiger partial charge >= 0.3 is 0 Å². The molecule has 1 rings (SSSR count). The van der Waals surface area contributed by atoms with Crippen molar-refractivity contribution in [1.82, 2.24) is 4.90 Å². The van der Waals surface area contributed by atoms with E-state index in [4.69, 9.17) is 15.5 Å². The van der Waals surface area contributed by atoms with Crippen molar-refractivity contribution in [3.05, 3.63) is 0 Å². The highest BCUT2D eigenvalue weighted by Crippen LogP contribution is 2.04. The molecule has 116 valence electrons. The molecule has 0 aromatic heterocycles. The van der Waals surface area contributed by atoms with E-state index in [-0.39, 0.29) is 12.4 Å². The Morgan fingerprint density at radius 2 is 2.11 bits per heavy atom. The Balaban J connectivity index is 0.000000342. The summed E-state index contributed by atoms with van der Waals surface area (Å²) in [4.78, 5) is 2.17. The van der Waals surface area contributed by atoms with Crippen LogP contribution in [0.2, 0.25) is 0 Å². The molecule has 0 aliphatic carbocycles. The van der Waals surface area contributed by atoms with Gasteiger partial charge in [0.15, 0.2) is 0 Å². The first-order valence-corrected chi connectivity index (χ1v) is 7.99. The van der Waals surface area contributed by atoms with Crippen LogP contribution in [-0.2, 0) is 19.5 Å². The lowest BCUT2D eigenvalue weighted by Crippen LogP contribution is -2.55. The van der Waals surface area contributed by atoms with Gasteiger partial charge in [-0.2, -0.15) is 8.42 Å². The second-order valence-electron chi connectivity index (χ2n) is 3.81. The summed E-state index contributed by atoms with van der Waals surface area (Å²) in [6, 6.07) is 0.351. The molecule has 4 N–H and O–H groups in total. The summed E-state index contributed by atoms with van der Waals surface area (Å²) in [5.41, 5.74) is 5.51. The van der Waals surface area contributed by atoms with Gasteiger partial charge in [0, 0.05) is 43.5 Å². The first-order chi connectivity index (χ1) is 8.89. The van der Waals surface area contributed by atoms with Crippen molar-refractivity contribution < 1.29 is 32.0 Å². The molecule has 19 heavy (non-hydrogen) atoms. The lowest BCUT2D eigenvalue weighted by Gasteiger charge is -2.36. The molecule has 0 amide bonds. The summed E-state index contributed by atoms with van der Waals surface area (Å²) < 4.78 is 43.5. The quantitative estimate of drug-likeness (QED) is 0.185. The van der Waals surface area contributed by atoms with E-state index in [1.54, 1.807) is 0 Å². The molecule has 1 saturated heterocycles. The van der Waals surface area contributed by atoms with Gasteiger partial charge in [-0.15, -0.1) is 4.33 Å². The van der Waals surface area contributed by atoms with Crippen molar-refractivity contribution in [1.29, 1.82) is 0 Å². The van der Waals surface area contributed by atoms with Crippen molar-refractivity contribution in [2.75, 3.05) is 37.8 Å². The average molecular weight is 322 g/mol. The minimum Gasteiger partial charge on any atom is -0.325 e. The maximum Gasteiger partial charge on any atom is 0.265 e. The van der Waals surface area contributed by atoms with Gasteiger partial charge in [-0.1, -0.05) is 5.04 Å². The summed E-state index contributed by atoms with van der Waals surface area (Å²) in [5, 5.41) is 10.7. The lowest BCUT2D eigenvalue weighted by molar-refractivity contribution is -0.432. The number of rotatable bonds is 8. The van der Waals surface area contributed by atoms with Crippen LogP contribution in [0, 0.1) is 0 Å². The fraction of sp³-hybridized carbons (Fsp3) is 1.00. The summed E-state index contributed by atoms with van der Waals surface area (Å²) >= 11 is 0.569. The first kappa shape index (κ1) is 19.0. The Kier molecular flexibility index (Phi) is 10.7. The third kappa shape index (κ3) is 12.8. The van der Waals surface area contributed by atoms with Gasteiger partial charge in [0.05, 0.1) is 12.4 Å². The number of hydrogen-bond donors (Lipinski definition) is 3. The molecule has 0 radical (unpaired) electrons. The predicted molar refractivity (Wildman–Crippen MR) is 68.7 cm³/mol. The number of halogens is 1.